The van der Waals surface area contributed by atoms with Gasteiger partial charge in [-0.3, -0.25) is 14.7 Å². The molecule has 0 unspecified atom stereocenters. The maximum absolute atomic E-state index is 11.0. The summed E-state index contributed by atoms with van der Waals surface area (Å²) in [7, 11) is 0. The van der Waals surface area contributed by atoms with Gasteiger partial charge in [-0.15, -0.1) is 0 Å². The number of ether oxygens (including phenoxy) is 1. The van der Waals surface area contributed by atoms with Gasteiger partial charge in [0, 0.05) is 32.0 Å². The van der Waals surface area contributed by atoms with Gasteiger partial charge < -0.3 is 9.84 Å². The number of carboxylic acids is 1. The molecule has 0 atom stereocenters. The average Bonchev–Trinajstić information content (AvgIpc) is 2.77. The lowest BCUT2D eigenvalue weighted by Crippen LogP contribution is -2.28. The summed E-state index contributed by atoms with van der Waals surface area (Å²) in [6.07, 6.45) is 5.43. The number of hydrogen-bond acceptors (Lipinski definition) is 4. The van der Waals surface area contributed by atoms with Crippen LogP contribution in [-0.4, -0.2) is 40.7 Å². The first kappa shape index (κ1) is 21.5. The molecule has 0 aliphatic heterocycles. The quantitative estimate of drug-likeness (QED) is 0.453. The van der Waals surface area contributed by atoms with Crippen LogP contribution in [0.25, 0.3) is 0 Å². The van der Waals surface area contributed by atoms with Crippen LogP contribution in [0.2, 0.25) is 0 Å². The number of aromatic nitrogens is 1. The fraction of sp³-hybridized carbons (Fsp3) is 0.280. The second-order valence-electron chi connectivity index (χ2n) is 7.29. The molecule has 156 valence electrons. The number of aliphatic carboxylic acids is 1. The number of hydrogen-bond donors (Lipinski definition) is 1. The third-order valence-corrected chi connectivity index (χ3v) is 4.83. The van der Waals surface area contributed by atoms with Crippen LogP contribution in [-0.2, 0) is 17.8 Å². The van der Waals surface area contributed by atoms with Crippen molar-refractivity contribution in [3.8, 4) is 5.75 Å². The van der Waals surface area contributed by atoms with E-state index in [0.29, 0.717) is 19.7 Å². The molecule has 0 radical (unpaired) electrons. The first-order valence-electron chi connectivity index (χ1n) is 10.3. The molecule has 0 fully saturated rings. The standard InChI is InChI=1S/C25H28N2O3/c28-25(29)13-16-27(20-23-8-4-14-26-19-23)15-5-17-30-24-11-9-22(10-12-24)18-21-6-2-1-3-7-21/h1-4,6-12,14,19H,5,13,15-18,20H2,(H,28,29). The Morgan fingerprint density at radius 3 is 2.33 bits per heavy atom. The lowest BCUT2D eigenvalue weighted by molar-refractivity contribution is -0.137. The lowest BCUT2D eigenvalue weighted by Gasteiger charge is -2.21. The van der Waals surface area contributed by atoms with Gasteiger partial charge in [0.15, 0.2) is 0 Å². The Labute approximate surface area is 178 Å². The minimum Gasteiger partial charge on any atom is -0.494 e. The summed E-state index contributed by atoms with van der Waals surface area (Å²) in [6.45, 7) is 2.57. The highest BCUT2D eigenvalue weighted by Crippen LogP contribution is 2.15. The van der Waals surface area contributed by atoms with Crippen molar-refractivity contribution in [3.05, 3.63) is 95.8 Å². The van der Waals surface area contributed by atoms with Gasteiger partial charge in [0.25, 0.3) is 0 Å². The van der Waals surface area contributed by atoms with Gasteiger partial charge in [0.2, 0.25) is 0 Å². The predicted molar refractivity (Wildman–Crippen MR) is 118 cm³/mol. The second kappa shape index (κ2) is 11.7. The van der Waals surface area contributed by atoms with Gasteiger partial charge in [-0.05, 0) is 47.7 Å². The van der Waals surface area contributed by atoms with Crippen LogP contribution in [0.4, 0.5) is 0 Å². The van der Waals surface area contributed by atoms with Gasteiger partial charge in [0.1, 0.15) is 5.75 Å². The Morgan fingerprint density at radius 1 is 0.900 bits per heavy atom. The van der Waals surface area contributed by atoms with Crippen LogP contribution < -0.4 is 4.74 Å². The lowest BCUT2D eigenvalue weighted by atomic mass is 10.1. The highest BCUT2D eigenvalue weighted by atomic mass is 16.5. The Morgan fingerprint density at radius 2 is 1.63 bits per heavy atom. The molecule has 1 N–H and O–H groups in total. The molecule has 5 nitrogen and oxygen atoms in total. The Hall–Kier alpha value is -3.18. The van der Waals surface area contributed by atoms with Crippen molar-refractivity contribution in [1.82, 2.24) is 9.88 Å². The molecule has 1 heterocycles. The van der Waals surface area contributed by atoms with E-state index in [4.69, 9.17) is 9.84 Å². The first-order valence-corrected chi connectivity index (χ1v) is 10.3. The molecule has 0 aliphatic rings. The highest BCUT2D eigenvalue weighted by Gasteiger charge is 2.09. The molecule has 0 saturated carbocycles. The Bertz CT molecular complexity index is 883. The zero-order valence-electron chi connectivity index (χ0n) is 17.1. The summed E-state index contributed by atoms with van der Waals surface area (Å²) >= 11 is 0. The minimum absolute atomic E-state index is 0.129. The number of carbonyl (C=O) groups is 1. The average molecular weight is 405 g/mol. The van der Waals surface area contributed by atoms with Crippen LogP contribution in [0, 0.1) is 0 Å². The second-order valence-corrected chi connectivity index (χ2v) is 7.29. The van der Waals surface area contributed by atoms with Crippen LogP contribution >= 0.6 is 0 Å². The van der Waals surface area contributed by atoms with Crippen LogP contribution in [0.3, 0.4) is 0 Å². The van der Waals surface area contributed by atoms with Crippen LogP contribution in [0.5, 0.6) is 5.75 Å². The fourth-order valence-corrected chi connectivity index (χ4v) is 3.29. The van der Waals surface area contributed by atoms with Crippen molar-refractivity contribution in [2.45, 2.75) is 25.8 Å². The molecule has 0 amide bonds. The number of pyridine rings is 1. The summed E-state index contributed by atoms with van der Waals surface area (Å²) in [6, 6.07) is 22.5. The summed E-state index contributed by atoms with van der Waals surface area (Å²) in [5, 5.41) is 9.00. The van der Waals surface area contributed by atoms with Gasteiger partial charge in [-0.1, -0.05) is 48.5 Å². The molecule has 0 spiro atoms. The van der Waals surface area contributed by atoms with Gasteiger partial charge in [0.05, 0.1) is 13.0 Å². The molecule has 0 bridgehead atoms. The predicted octanol–water partition coefficient (Wildman–Crippen LogP) is 4.42. The number of carboxylic acid groups (broad SMARTS) is 1. The van der Waals surface area contributed by atoms with Crippen molar-refractivity contribution >= 4 is 5.97 Å². The zero-order chi connectivity index (χ0) is 21.0. The number of rotatable bonds is 12. The highest BCUT2D eigenvalue weighted by molar-refractivity contribution is 5.66. The summed E-state index contributed by atoms with van der Waals surface area (Å²) in [5.74, 6) is 0.0780. The molecule has 3 rings (SSSR count). The molecule has 30 heavy (non-hydrogen) atoms. The first-order chi connectivity index (χ1) is 14.7. The normalized spacial score (nSPS) is 10.8. The van der Waals surface area contributed by atoms with Crippen LogP contribution in [0.1, 0.15) is 29.5 Å². The third-order valence-electron chi connectivity index (χ3n) is 4.83. The van der Waals surface area contributed by atoms with Crippen molar-refractivity contribution in [2.75, 3.05) is 19.7 Å². The van der Waals surface area contributed by atoms with E-state index in [-0.39, 0.29) is 6.42 Å². The number of benzene rings is 2. The fourth-order valence-electron chi connectivity index (χ4n) is 3.29. The van der Waals surface area contributed by atoms with Crippen molar-refractivity contribution in [1.29, 1.82) is 0 Å². The van der Waals surface area contributed by atoms with E-state index in [2.05, 4.69) is 46.3 Å². The van der Waals surface area contributed by atoms with Gasteiger partial charge in [-0.25, -0.2) is 0 Å². The van der Waals surface area contributed by atoms with Crippen molar-refractivity contribution < 1.29 is 14.6 Å². The SMILES string of the molecule is O=C(O)CCN(CCCOc1ccc(Cc2ccccc2)cc1)Cc1cccnc1. The maximum Gasteiger partial charge on any atom is 0.304 e. The topological polar surface area (TPSA) is 62.7 Å². The smallest absolute Gasteiger partial charge is 0.304 e. The number of nitrogens with zero attached hydrogens (tertiary/aromatic N) is 2. The zero-order valence-corrected chi connectivity index (χ0v) is 17.1. The maximum atomic E-state index is 11.0. The Kier molecular flexibility index (Phi) is 8.42. The van der Waals surface area contributed by atoms with E-state index < -0.39 is 5.97 Å². The summed E-state index contributed by atoms with van der Waals surface area (Å²) < 4.78 is 5.88. The van der Waals surface area contributed by atoms with Crippen molar-refractivity contribution in [3.63, 3.8) is 0 Å². The molecule has 0 aliphatic carbocycles. The third kappa shape index (κ3) is 7.68. The van der Waals surface area contributed by atoms with E-state index in [1.165, 1.54) is 11.1 Å². The van der Waals surface area contributed by atoms with E-state index in [1.807, 2.05) is 36.5 Å². The molecule has 5 heteroatoms. The van der Waals surface area contributed by atoms with Gasteiger partial charge in [-0.2, -0.15) is 0 Å². The molecule has 1 aromatic heterocycles. The van der Waals surface area contributed by atoms with E-state index in [1.54, 1.807) is 6.20 Å². The van der Waals surface area contributed by atoms with E-state index >= 15 is 0 Å². The summed E-state index contributed by atoms with van der Waals surface area (Å²) in [4.78, 5) is 17.2. The monoisotopic (exact) mass is 404 g/mol. The van der Waals surface area contributed by atoms with Gasteiger partial charge >= 0.3 is 5.97 Å². The van der Waals surface area contributed by atoms with E-state index in [0.717, 1.165) is 30.7 Å². The summed E-state index contributed by atoms with van der Waals surface area (Å²) in [5.41, 5.74) is 3.63. The van der Waals surface area contributed by atoms with Crippen LogP contribution in [0.15, 0.2) is 79.1 Å². The largest absolute Gasteiger partial charge is 0.494 e. The molecule has 2 aromatic carbocycles. The van der Waals surface area contributed by atoms with E-state index in [9.17, 15) is 4.79 Å². The molecular formula is C25H28N2O3. The molecule has 0 saturated heterocycles. The molecule has 3 aromatic rings. The van der Waals surface area contributed by atoms with Crippen molar-refractivity contribution in [2.24, 2.45) is 0 Å². The minimum atomic E-state index is -0.780. The molecular weight excluding hydrogens is 376 g/mol. The Balaban J connectivity index is 1.43.